The summed E-state index contributed by atoms with van der Waals surface area (Å²) in [6, 6.07) is 12.3. The second-order valence-corrected chi connectivity index (χ2v) is 5.91. The van der Waals surface area contributed by atoms with Crippen LogP contribution in [0, 0.1) is 19.8 Å². The molecule has 1 aliphatic rings. The van der Waals surface area contributed by atoms with Gasteiger partial charge in [0.2, 0.25) is 5.91 Å². The smallest absolute Gasteiger partial charge is 0.225 e. The van der Waals surface area contributed by atoms with Crippen LogP contribution in [0.4, 0.5) is 0 Å². The highest BCUT2D eigenvalue weighted by Crippen LogP contribution is 2.22. The molecule has 2 heterocycles. The number of aromatic nitrogens is 1. The maximum absolute atomic E-state index is 11.7. The van der Waals surface area contributed by atoms with Gasteiger partial charge in [0.1, 0.15) is 0 Å². The molecule has 3 rings (SSSR count). The largest absolute Gasteiger partial charge is 0.345 e. The molecule has 0 spiro atoms. The molecule has 3 nitrogen and oxygen atoms in total. The summed E-state index contributed by atoms with van der Waals surface area (Å²) >= 11 is 0. The fourth-order valence-electron chi connectivity index (χ4n) is 2.62. The van der Waals surface area contributed by atoms with E-state index in [4.69, 9.17) is 0 Å². The van der Waals surface area contributed by atoms with Gasteiger partial charge < -0.3 is 4.90 Å². The number of likely N-dealkylation sites (tertiary alicyclic amines) is 1. The van der Waals surface area contributed by atoms with Gasteiger partial charge in [0.05, 0.1) is 0 Å². The average Bonchev–Trinajstić information content (AvgIpc) is 2.83. The number of amides is 1. The molecule has 1 aromatic carbocycles. The van der Waals surface area contributed by atoms with Gasteiger partial charge in [-0.05, 0) is 43.9 Å². The van der Waals surface area contributed by atoms with Crippen LogP contribution in [0.3, 0.4) is 0 Å². The minimum atomic E-state index is 0.177. The van der Waals surface area contributed by atoms with Gasteiger partial charge in [0.25, 0.3) is 0 Å². The molecule has 1 saturated heterocycles. The molecular weight excluding hydrogens is 272 g/mol. The fourth-order valence-corrected chi connectivity index (χ4v) is 2.62. The molecule has 22 heavy (non-hydrogen) atoms. The first-order valence-corrected chi connectivity index (χ1v) is 7.74. The average molecular weight is 296 g/mol. The summed E-state index contributed by atoms with van der Waals surface area (Å²) in [7, 11) is 1.88. The molecular formula is C19H24N2O. The van der Waals surface area contributed by atoms with E-state index in [0.29, 0.717) is 0 Å². The number of aryl methyl sites for hydroxylation is 2. The third-order valence-electron chi connectivity index (χ3n) is 4.08. The lowest BCUT2D eigenvalue weighted by atomic mass is 9.96. The summed E-state index contributed by atoms with van der Waals surface area (Å²) in [4.78, 5) is 17.6. The van der Waals surface area contributed by atoms with Crippen LogP contribution in [0.25, 0.3) is 0 Å². The van der Waals surface area contributed by atoms with Crippen LogP contribution in [0.15, 0.2) is 48.8 Å². The Morgan fingerprint density at radius 1 is 1.18 bits per heavy atom. The summed E-state index contributed by atoms with van der Waals surface area (Å²) in [5.41, 5.74) is 3.75. The van der Waals surface area contributed by atoms with Crippen LogP contribution < -0.4 is 0 Å². The van der Waals surface area contributed by atoms with Crippen LogP contribution in [0.5, 0.6) is 0 Å². The summed E-state index contributed by atoms with van der Waals surface area (Å²) in [6.45, 7) is 5.03. The maximum Gasteiger partial charge on any atom is 0.225 e. The van der Waals surface area contributed by atoms with Gasteiger partial charge in [0.15, 0.2) is 0 Å². The number of hydrogen-bond donors (Lipinski definition) is 0. The zero-order valence-electron chi connectivity index (χ0n) is 13.6. The lowest BCUT2D eigenvalue weighted by Crippen LogP contribution is -2.23. The van der Waals surface area contributed by atoms with Crippen LogP contribution in [0.2, 0.25) is 0 Å². The Morgan fingerprint density at radius 2 is 1.91 bits per heavy atom. The standard InChI is InChI=1S/C12H16N2O.C7H8/c1-9-8-13-5-3-10(9)7-11-4-6-14(2)12(11)15;1-7-5-3-2-4-6-7/h3,5,8,11H,4,6-7H2,1-2H3;2-6H,1H3. The van der Waals surface area contributed by atoms with Crippen LogP contribution in [-0.2, 0) is 11.2 Å². The zero-order valence-corrected chi connectivity index (χ0v) is 13.6. The van der Waals surface area contributed by atoms with Crippen molar-refractivity contribution in [3.8, 4) is 0 Å². The Balaban J connectivity index is 0.000000211. The van der Waals surface area contributed by atoms with Gasteiger partial charge in [-0.15, -0.1) is 0 Å². The molecule has 1 aromatic heterocycles. The Morgan fingerprint density at radius 3 is 2.41 bits per heavy atom. The van der Waals surface area contributed by atoms with Crippen LogP contribution in [-0.4, -0.2) is 29.4 Å². The second kappa shape index (κ2) is 7.74. The Hall–Kier alpha value is -2.16. The summed E-state index contributed by atoms with van der Waals surface area (Å²) in [6.07, 6.45) is 5.50. The topological polar surface area (TPSA) is 33.2 Å². The first kappa shape index (κ1) is 16.2. The first-order valence-electron chi connectivity index (χ1n) is 7.74. The van der Waals surface area contributed by atoms with E-state index in [9.17, 15) is 4.79 Å². The number of nitrogens with zero attached hydrogens (tertiary/aromatic N) is 2. The third kappa shape index (κ3) is 4.42. The molecule has 1 atom stereocenters. The molecule has 0 saturated carbocycles. The molecule has 1 unspecified atom stereocenters. The minimum absolute atomic E-state index is 0.177. The lowest BCUT2D eigenvalue weighted by molar-refractivity contribution is -0.129. The van der Waals surface area contributed by atoms with Crippen LogP contribution >= 0.6 is 0 Å². The Kier molecular flexibility index (Phi) is 5.70. The SMILES string of the molecule is Cc1ccccc1.Cc1cnccc1CC1CCN(C)C1=O. The minimum Gasteiger partial charge on any atom is -0.345 e. The van der Waals surface area contributed by atoms with E-state index in [0.717, 1.165) is 19.4 Å². The van der Waals surface area contributed by atoms with Gasteiger partial charge in [-0.2, -0.15) is 0 Å². The second-order valence-electron chi connectivity index (χ2n) is 5.91. The molecule has 0 aliphatic carbocycles. The normalized spacial score (nSPS) is 17.1. The third-order valence-corrected chi connectivity index (χ3v) is 4.08. The Bertz CT molecular complexity index is 610. The van der Waals surface area contributed by atoms with E-state index in [1.54, 1.807) is 6.20 Å². The molecule has 2 aromatic rings. The van der Waals surface area contributed by atoms with E-state index in [2.05, 4.69) is 24.0 Å². The van der Waals surface area contributed by atoms with Gasteiger partial charge >= 0.3 is 0 Å². The van der Waals surface area contributed by atoms with Crippen molar-refractivity contribution in [2.75, 3.05) is 13.6 Å². The summed E-state index contributed by atoms with van der Waals surface area (Å²) < 4.78 is 0. The van der Waals surface area contributed by atoms with Crippen LogP contribution in [0.1, 0.15) is 23.1 Å². The van der Waals surface area contributed by atoms with Gasteiger partial charge in [-0.1, -0.05) is 35.9 Å². The number of benzene rings is 1. The van der Waals surface area contributed by atoms with E-state index >= 15 is 0 Å². The van der Waals surface area contributed by atoms with Crippen molar-refractivity contribution in [3.05, 3.63) is 65.5 Å². The highest BCUT2D eigenvalue weighted by atomic mass is 16.2. The Labute approximate surface area is 133 Å². The van der Waals surface area contributed by atoms with Crippen molar-refractivity contribution in [2.45, 2.75) is 26.7 Å². The van der Waals surface area contributed by atoms with Crippen molar-refractivity contribution in [1.82, 2.24) is 9.88 Å². The van der Waals surface area contributed by atoms with Gasteiger partial charge in [0, 0.05) is 31.9 Å². The van der Waals surface area contributed by atoms with E-state index in [1.807, 2.05) is 49.3 Å². The number of rotatable bonds is 2. The number of carbonyl (C=O) groups is 1. The van der Waals surface area contributed by atoms with Crippen molar-refractivity contribution >= 4 is 5.91 Å². The monoisotopic (exact) mass is 296 g/mol. The van der Waals surface area contributed by atoms with Crippen molar-refractivity contribution in [3.63, 3.8) is 0 Å². The number of carbonyl (C=O) groups excluding carboxylic acids is 1. The summed E-state index contributed by atoms with van der Waals surface area (Å²) in [5, 5.41) is 0. The van der Waals surface area contributed by atoms with Crippen molar-refractivity contribution in [1.29, 1.82) is 0 Å². The van der Waals surface area contributed by atoms with E-state index < -0.39 is 0 Å². The number of hydrogen-bond acceptors (Lipinski definition) is 2. The quantitative estimate of drug-likeness (QED) is 0.851. The first-order chi connectivity index (χ1) is 10.6. The highest BCUT2D eigenvalue weighted by Gasteiger charge is 2.29. The maximum atomic E-state index is 11.7. The van der Waals surface area contributed by atoms with E-state index in [-0.39, 0.29) is 11.8 Å². The fraction of sp³-hybridized carbons (Fsp3) is 0.368. The van der Waals surface area contributed by atoms with Gasteiger partial charge in [-0.3, -0.25) is 9.78 Å². The molecule has 116 valence electrons. The molecule has 3 heteroatoms. The van der Waals surface area contributed by atoms with Crippen molar-refractivity contribution < 1.29 is 4.79 Å². The molecule has 0 N–H and O–H groups in total. The van der Waals surface area contributed by atoms with Crippen molar-refractivity contribution in [2.24, 2.45) is 5.92 Å². The molecule has 1 fully saturated rings. The summed E-state index contributed by atoms with van der Waals surface area (Å²) in [5.74, 6) is 0.460. The molecule has 1 amide bonds. The van der Waals surface area contributed by atoms with Gasteiger partial charge in [-0.25, -0.2) is 0 Å². The molecule has 0 bridgehead atoms. The molecule has 0 radical (unpaired) electrons. The lowest BCUT2D eigenvalue weighted by Gasteiger charge is -2.11. The number of pyridine rings is 1. The van der Waals surface area contributed by atoms with E-state index in [1.165, 1.54) is 16.7 Å². The predicted molar refractivity (Wildman–Crippen MR) is 89.6 cm³/mol. The highest BCUT2D eigenvalue weighted by molar-refractivity contribution is 5.80. The predicted octanol–water partition coefficient (Wildman–Crippen LogP) is 3.41. The zero-order chi connectivity index (χ0) is 15.9. The molecule has 1 aliphatic heterocycles.